The van der Waals surface area contributed by atoms with E-state index in [1.807, 2.05) is 6.26 Å². The van der Waals surface area contributed by atoms with Crippen molar-refractivity contribution in [1.29, 1.82) is 0 Å². The maximum Gasteiger partial charge on any atom is 0.251 e. The lowest BCUT2D eigenvalue weighted by Crippen LogP contribution is -2.35. The van der Waals surface area contributed by atoms with Crippen molar-refractivity contribution in [3.63, 3.8) is 0 Å². The Labute approximate surface area is 133 Å². The van der Waals surface area contributed by atoms with E-state index in [0.717, 1.165) is 12.2 Å². The Hall–Kier alpha value is -1.34. The van der Waals surface area contributed by atoms with Crippen LogP contribution in [-0.4, -0.2) is 47.1 Å². The number of nitrogens with one attached hydrogen (secondary N) is 1. The highest BCUT2D eigenvalue weighted by Gasteiger charge is 2.34. The van der Waals surface area contributed by atoms with E-state index in [2.05, 4.69) is 5.32 Å². The molecule has 4 nitrogen and oxygen atoms in total. The van der Waals surface area contributed by atoms with Gasteiger partial charge >= 0.3 is 0 Å². The van der Waals surface area contributed by atoms with Crippen LogP contribution in [0.25, 0.3) is 0 Å². The van der Waals surface area contributed by atoms with Crippen molar-refractivity contribution < 1.29 is 13.9 Å². The van der Waals surface area contributed by atoms with Crippen molar-refractivity contribution in [2.24, 2.45) is 0 Å². The molecule has 1 aliphatic rings. The van der Waals surface area contributed by atoms with E-state index in [9.17, 15) is 9.18 Å². The largest absolute Gasteiger partial charge is 0.492 e. The van der Waals surface area contributed by atoms with E-state index < -0.39 is 0 Å². The maximum absolute atomic E-state index is 13.0. The maximum atomic E-state index is 13.0. The quantitative estimate of drug-likeness (QED) is 0.776. The number of rotatable bonds is 7. The molecule has 1 saturated heterocycles. The number of nitrogens with zero attached hydrogens (tertiary/aromatic N) is 1. The van der Waals surface area contributed by atoms with Crippen molar-refractivity contribution in [2.75, 3.05) is 25.2 Å². The second-order valence-electron chi connectivity index (χ2n) is 4.58. The molecule has 1 N–H and O–H groups in total. The number of hydrogen-bond donors (Lipinski definition) is 1. The van der Waals surface area contributed by atoms with Gasteiger partial charge in [0.1, 0.15) is 24.2 Å². The summed E-state index contributed by atoms with van der Waals surface area (Å²) in [6, 6.07) is 5.68. The molecular formula is C14H17FN2O2S2. The molecule has 7 heteroatoms. The number of amides is 1. The van der Waals surface area contributed by atoms with Crippen LogP contribution in [0.2, 0.25) is 0 Å². The van der Waals surface area contributed by atoms with Gasteiger partial charge < -0.3 is 10.1 Å². The van der Waals surface area contributed by atoms with Gasteiger partial charge in [0, 0.05) is 6.07 Å². The number of halogens is 1. The molecule has 0 aliphatic carbocycles. The Bertz CT molecular complexity index is 527. The van der Waals surface area contributed by atoms with E-state index in [-0.39, 0.29) is 24.4 Å². The lowest BCUT2D eigenvalue weighted by molar-refractivity contribution is -0.127. The van der Waals surface area contributed by atoms with Crippen molar-refractivity contribution in [3.05, 3.63) is 30.1 Å². The van der Waals surface area contributed by atoms with Crippen molar-refractivity contribution in [3.8, 4) is 5.75 Å². The summed E-state index contributed by atoms with van der Waals surface area (Å²) in [5.74, 6) is 0.982. The predicted octanol–water partition coefficient (Wildman–Crippen LogP) is 2.04. The minimum absolute atomic E-state index is 0.0168. The molecule has 21 heavy (non-hydrogen) atoms. The van der Waals surface area contributed by atoms with Crippen LogP contribution < -0.4 is 10.1 Å². The zero-order valence-electron chi connectivity index (χ0n) is 11.7. The van der Waals surface area contributed by atoms with Gasteiger partial charge in [-0.2, -0.15) is 11.8 Å². The van der Waals surface area contributed by atoms with Crippen molar-refractivity contribution >= 4 is 35.0 Å². The van der Waals surface area contributed by atoms with E-state index in [0.29, 0.717) is 17.4 Å². The van der Waals surface area contributed by atoms with Gasteiger partial charge in [-0.3, -0.25) is 9.69 Å². The number of carbonyl (C=O) groups is 1. The average molecular weight is 328 g/mol. The summed E-state index contributed by atoms with van der Waals surface area (Å²) in [5, 5.41) is 3.46. The number of carbonyl (C=O) groups excluding carboxylic acids is 1. The van der Waals surface area contributed by atoms with Gasteiger partial charge in [0.15, 0.2) is 5.11 Å². The van der Waals surface area contributed by atoms with Crippen LogP contribution in [0.5, 0.6) is 5.75 Å². The summed E-state index contributed by atoms with van der Waals surface area (Å²) >= 11 is 6.86. The molecular weight excluding hydrogens is 311 g/mol. The Morgan fingerprint density at radius 2 is 2.33 bits per heavy atom. The molecule has 1 fully saturated rings. The first-order valence-corrected chi connectivity index (χ1v) is 8.41. The molecule has 0 unspecified atom stereocenters. The summed E-state index contributed by atoms with van der Waals surface area (Å²) in [7, 11) is 0. The first kappa shape index (κ1) is 16.0. The van der Waals surface area contributed by atoms with Crippen molar-refractivity contribution in [2.45, 2.75) is 12.5 Å². The van der Waals surface area contributed by atoms with Crippen molar-refractivity contribution in [1.82, 2.24) is 10.2 Å². The third kappa shape index (κ3) is 4.31. The molecule has 1 aromatic carbocycles. The van der Waals surface area contributed by atoms with Gasteiger partial charge in [0.05, 0.1) is 6.54 Å². The van der Waals surface area contributed by atoms with E-state index in [1.165, 1.54) is 17.0 Å². The van der Waals surface area contributed by atoms with Crippen LogP contribution in [-0.2, 0) is 4.79 Å². The first-order chi connectivity index (χ1) is 10.1. The van der Waals surface area contributed by atoms with Crippen LogP contribution >= 0.6 is 24.0 Å². The van der Waals surface area contributed by atoms with Crippen LogP contribution in [0.1, 0.15) is 6.42 Å². The molecule has 0 bridgehead atoms. The normalized spacial score (nSPS) is 18.0. The molecule has 0 spiro atoms. The molecule has 114 valence electrons. The molecule has 1 atom stereocenters. The zero-order chi connectivity index (χ0) is 15.2. The molecule has 1 heterocycles. The van der Waals surface area contributed by atoms with Gasteiger partial charge in [-0.1, -0.05) is 6.07 Å². The zero-order valence-corrected chi connectivity index (χ0v) is 13.3. The SMILES string of the molecule is CSCC[C@@H]1NC(=S)N(CCOc2cccc(F)c2)C1=O. The van der Waals surface area contributed by atoms with Gasteiger partial charge in [-0.05, 0) is 42.8 Å². The highest BCUT2D eigenvalue weighted by Crippen LogP contribution is 2.14. The summed E-state index contributed by atoms with van der Waals surface area (Å²) in [6.45, 7) is 0.628. The van der Waals surface area contributed by atoms with Gasteiger partial charge in [-0.25, -0.2) is 4.39 Å². The highest BCUT2D eigenvalue weighted by molar-refractivity contribution is 7.98. The average Bonchev–Trinajstić information content (AvgIpc) is 2.72. The molecule has 1 aliphatic heterocycles. The smallest absolute Gasteiger partial charge is 0.251 e. The number of ether oxygens (including phenoxy) is 1. The van der Waals surface area contributed by atoms with Gasteiger partial charge in [-0.15, -0.1) is 0 Å². The third-order valence-electron chi connectivity index (χ3n) is 3.10. The lowest BCUT2D eigenvalue weighted by Gasteiger charge is -2.15. The molecule has 0 radical (unpaired) electrons. The summed E-state index contributed by atoms with van der Waals surface area (Å²) in [6.07, 6.45) is 2.75. The molecule has 1 aromatic rings. The third-order valence-corrected chi connectivity index (χ3v) is 4.08. The summed E-state index contributed by atoms with van der Waals surface area (Å²) in [5.41, 5.74) is 0. The second kappa shape index (κ2) is 7.61. The Balaban J connectivity index is 1.82. The number of thiocarbonyl (C=S) groups is 1. The molecule has 0 saturated carbocycles. The fraction of sp³-hybridized carbons (Fsp3) is 0.429. The van der Waals surface area contributed by atoms with Gasteiger partial charge in [0.2, 0.25) is 0 Å². The van der Waals surface area contributed by atoms with Crippen LogP contribution in [0.4, 0.5) is 4.39 Å². The number of hydrogen-bond acceptors (Lipinski definition) is 4. The number of benzene rings is 1. The Morgan fingerprint density at radius 3 is 3.05 bits per heavy atom. The monoisotopic (exact) mass is 328 g/mol. The first-order valence-electron chi connectivity index (χ1n) is 6.61. The highest BCUT2D eigenvalue weighted by atomic mass is 32.2. The van der Waals surface area contributed by atoms with Crippen LogP contribution in [0.15, 0.2) is 24.3 Å². The predicted molar refractivity (Wildman–Crippen MR) is 86.1 cm³/mol. The lowest BCUT2D eigenvalue weighted by atomic mass is 10.2. The standard InChI is InChI=1S/C14H17FN2O2S2/c1-21-8-5-12-13(18)17(14(20)16-12)6-7-19-11-4-2-3-10(15)9-11/h2-4,9,12H,5-8H2,1H3,(H,16,20)/t12-/m0/s1. The summed E-state index contributed by atoms with van der Waals surface area (Å²) < 4.78 is 18.4. The van der Waals surface area contributed by atoms with E-state index >= 15 is 0 Å². The number of thioether (sulfide) groups is 1. The fourth-order valence-electron chi connectivity index (χ4n) is 2.03. The fourth-order valence-corrected chi connectivity index (χ4v) is 2.83. The minimum atomic E-state index is -0.348. The van der Waals surface area contributed by atoms with Gasteiger partial charge in [0.25, 0.3) is 5.91 Å². The Kier molecular flexibility index (Phi) is 5.81. The van der Waals surface area contributed by atoms with E-state index in [1.54, 1.807) is 23.9 Å². The van der Waals surface area contributed by atoms with E-state index in [4.69, 9.17) is 17.0 Å². The van der Waals surface area contributed by atoms with Crippen LogP contribution in [0, 0.1) is 5.82 Å². The molecule has 0 aromatic heterocycles. The minimum Gasteiger partial charge on any atom is -0.492 e. The van der Waals surface area contributed by atoms with Crippen LogP contribution in [0.3, 0.4) is 0 Å². The molecule has 1 amide bonds. The molecule has 2 rings (SSSR count). The topological polar surface area (TPSA) is 41.6 Å². The second-order valence-corrected chi connectivity index (χ2v) is 5.95. The Morgan fingerprint density at radius 1 is 1.52 bits per heavy atom. The summed E-state index contributed by atoms with van der Waals surface area (Å²) in [4.78, 5) is 13.7.